The fourth-order valence-electron chi connectivity index (χ4n) is 5.23. The quantitative estimate of drug-likeness (QED) is 0.359. The van der Waals surface area contributed by atoms with Gasteiger partial charge in [0.1, 0.15) is 18.0 Å². The molecule has 6 rings (SSSR count). The molecule has 1 fully saturated rings. The standard InChI is InChI=1S/C30H28N4O3/c1-37-25-11-12-27-22(15-25)16-28(32-27)30(36)33-18-24(13-20-7-3-2-4-8-20)34(29(35)19-33)17-23-14-21-9-5-6-10-26(21)31-23/h2-12,14-16,24,31-32H,13,17-19H2,1H3/t24-/m0/s1. The Labute approximate surface area is 214 Å². The Kier molecular flexibility index (Phi) is 5.88. The first-order chi connectivity index (χ1) is 18.1. The Bertz CT molecular complexity index is 1550. The molecule has 7 nitrogen and oxygen atoms in total. The second kappa shape index (κ2) is 9.50. The minimum absolute atomic E-state index is 0.0447. The monoisotopic (exact) mass is 492 g/mol. The minimum atomic E-state index is -0.174. The summed E-state index contributed by atoms with van der Waals surface area (Å²) >= 11 is 0. The third kappa shape index (κ3) is 4.56. The summed E-state index contributed by atoms with van der Waals surface area (Å²) in [5.41, 5.74) is 4.49. The van der Waals surface area contributed by atoms with Crippen LogP contribution in [0.4, 0.5) is 0 Å². The van der Waals surface area contributed by atoms with Crippen LogP contribution in [0.25, 0.3) is 21.8 Å². The first kappa shape index (κ1) is 22.9. The number of hydrogen-bond donors (Lipinski definition) is 2. The molecule has 37 heavy (non-hydrogen) atoms. The highest BCUT2D eigenvalue weighted by molar-refractivity contribution is 6.00. The maximum Gasteiger partial charge on any atom is 0.270 e. The van der Waals surface area contributed by atoms with Crippen LogP contribution in [0, 0.1) is 0 Å². The van der Waals surface area contributed by atoms with Crippen molar-refractivity contribution in [3.05, 3.63) is 102 Å². The number of para-hydroxylation sites is 1. The summed E-state index contributed by atoms with van der Waals surface area (Å²) < 4.78 is 5.31. The molecule has 5 aromatic rings. The summed E-state index contributed by atoms with van der Waals surface area (Å²) in [6, 6.07) is 27.6. The van der Waals surface area contributed by atoms with Crippen molar-refractivity contribution >= 4 is 33.6 Å². The van der Waals surface area contributed by atoms with Gasteiger partial charge in [-0.05, 0) is 53.8 Å². The number of piperazine rings is 1. The molecule has 3 heterocycles. The molecule has 0 bridgehead atoms. The van der Waals surface area contributed by atoms with Gasteiger partial charge in [0.2, 0.25) is 5.91 Å². The second-order valence-corrected chi connectivity index (χ2v) is 9.57. The van der Waals surface area contributed by atoms with Gasteiger partial charge in [-0.15, -0.1) is 0 Å². The Morgan fingerprint density at radius 3 is 2.51 bits per heavy atom. The SMILES string of the molecule is COc1ccc2[nH]c(C(=O)N3CC(=O)N(Cc4cc5ccccc5[nH]4)[C@@H](Cc4ccccc4)C3)cc2c1. The average Bonchev–Trinajstić information content (AvgIpc) is 3.53. The van der Waals surface area contributed by atoms with Gasteiger partial charge in [0.25, 0.3) is 5.91 Å². The van der Waals surface area contributed by atoms with E-state index >= 15 is 0 Å². The van der Waals surface area contributed by atoms with Gasteiger partial charge in [0.05, 0.1) is 19.7 Å². The van der Waals surface area contributed by atoms with Crippen molar-refractivity contribution in [2.75, 3.05) is 20.2 Å². The summed E-state index contributed by atoms with van der Waals surface area (Å²) in [6.07, 6.45) is 0.667. The molecule has 2 amide bonds. The van der Waals surface area contributed by atoms with Crippen molar-refractivity contribution in [3.8, 4) is 5.75 Å². The van der Waals surface area contributed by atoms with Crippen LogP contribution in [-0.2, 0) is 17.8 Å². The van der Waals surface area contributed by atoms with Crippen molar-refractivity contribution in [1.29, 1.82) is 0 Å². The van der Waals surface area contributed by atoms with E-state index in [1.807, 2.05) is 65.6 Å². The fourth-order valence-corrected chi connectivity index (χ4v) is 5.23. The van der Waals surface area contributed by atoms with E-state index in [1.54, 1.807) is 12.0 Å². The molecule has 3 aromatic carbocycles. The number of carbonyl (C=O) groups excluding carboxylic acids is 2. The predicted octanol–water partition coefficient (Wildman–Crippen LogP) is 4.75. The number of H-pyrrole nitrogens is 2. The molecule has 0 aliphatic carbocycles. The zero-order valence-corrected chi connectivity index (χ0v) is 20.6. The van der Waals surface area contributed by atoms with E-state index in [0.29, 0.717) is 25.2 Å². The molecule has 1 atom stereocenters. The van der Waals surface area contributed by atoms with Crippen LogP contribution in [0.3, 0.4) is 0 Å². The topological polar surface area (TPSA) is 81.4 Å². The number of nitrogens with one attached hydrogen (secondary N) is 2. The van der Waals surface area contributed by atoms with Crippen LogP contribution in [0.2, 0.25) is 0 Å². The molecule has 0 unspecified atom stereocenters. The Morgan fingerprint density at radius 1 is 0.919 bits per heavy atom. The van der Waals surface area contributed by atoms with E-state index in [1.165, 1.54) is 0 Å². The molecular formula is C30H28N4O3. The summed E-state index contributed by atoms with van der Waals surface area (Å²) in [5, 5.41) is 2.01. The van der Waals surface area contributed by atoms with Crippen molar-refractivity contribution < 1.29 is 14.3 Å². The molecule has 1 aliphatic heterocycles. The molecular weight excluding hydrogens is 464 g/mol. The van der Waals surface area contributed by atoms with Crippen molar-refractivity contribution in [2.45, 2.75) is 19.0 Å². The number of hydrogen-bond acceptors (Lipinski definition) is 3. The number of amides is 2. The highest BCUT2D eigenvalue weighted by Gasteiger charge is 2.35. The number of aromatic amines is 2. The number of rotatable bonds is 6. The third-order valence-electron chi connectivity index (χ3n) is 7.10. The highest BCUT2D eigenvalue weighted by Crippen LogP contribution is 2.25. The van der Waals surface area contributed by atoms with Gasteiger partial charge in [0, 0.05) is 28.7 Å². The normalized spacial score (nSPS) is 16.0. The summed E-state index contributed by atoms with van der Waals surface area (Å²) in [5.74, 6) is 0.498. The number of ether oxygens (including phenoxy) is 1. The van der Waals surface area contributed by atoms with E-state index < -0.39 is 0 Å². The van der Waals surface area contributed by atoms with E-state index in [9.17, 15) is 9.59 Å². The minimum Gasteiger partial charge on any atom is -0.497 e. The summed E-state index contributed by atoms with van der Waals surface area (Å²) in [7, 11) is 1.62. The third-order valence-corrected chi connectivity index (χ3v) is 7.10. The molecule has 186 valence electrons. The van der Waals surface area contributed by atoms with E-state index in [2.05, 4.69) is 34.2 Å². The summed E-state index contributed by atoms with van der Waals surface area (Å²) in [4.78, 5) is 37.3. The number of nitrogens with zero attached hydrogens (tertiary/aromatic N) is 2. The van der Waals surface area contributed by atoms with Crippen LogP contribution in [0.15, 0.2) is 84.9 Å². The van der Waals surface area contributed by atoms with Crippen LogP contribution in [-0.4, -0.2) is 57.8 Å². The predicted molar refractivity (Wildman–Crippen MR) is 144 cm³/mol. The van der Waals surface area contributed by atoms with Gasteiger partial charge in [-0.1, -0.05) is 48.5 Å². The van der Waals surface area contributed by atoms with Gasteiger partial charge in [-0.3, -0.25) is 9.59 Å². The lowest BCUT2D eigenvalue weighted by Crippen LogP contribution is -2.58. The molecule has 0 radical (unpaired) electrons. The van der Waals surface area contributed by atoms with E-state index in [4.69, 9.17) is 4.74 Å². The Balaban J connectivity index is 1.27. The number of fused-ring (bicyclic) bond motifs is 2. The molecule has 2 N–H and O–H groups in total. The number of carbonyl (C=O) groups is 2. The van der Waals surface area contributed by atoms with Crippen molar-refractivity contribution in [1.82, 2.24) is 19.8 Å². The fraction of sp³-hybridized carbons (Fsp3) is 0.200. The lowest BCUT2D eigenvalue weighted by atomic mass is 10.0. The second-order valence-electron chi connectivity index (χ2n) is 9.57. The van der Waals surface area contributed by atoms with Crippen LogP contribution in [0.5, 0.6) is 5.75 Å². The molecule has 7 heteroatoms. The van der Waals surface area contributed by atoms with Crippen molar-refractivity contribution in [3.63, 3.8) is 0 Å². The molecule has 1 saturated heterocycles. The first-order valence-electron chi connectivity index (χ1n) is 12.4. The van der Waals surface area contributed by atoms with Crippen molar-refractivity contribution in [2.24, 2.45) is 0 Å². The van der Waals surface area contributed by atoms with Crippen LogP contribution < -0.4 is 4.74 Å². The maximum absolute atomic E-state index is 13.5. The van der Waals surface area contributed by atoms with Gasteiger partial charge in [-0.2, -0.15) is 0 Å². The molecule has 0 spiro atoms. The van der Waals surface area contributed by atoms with Gasteiger partial charge < -0.3 is 24.5 Å². The smallest absolute Gasteiger partial charge is 0.270 e. The average molecular weight is 493 g/mol. The zero-order chi connectivity index (χ0) is 25.4. The van der Waals surface area contributed by atoms with Gasteiger partial charge in [0.15, 0.2) is 0 Å². The number of methoxy groups -OCH3 is 1. The largest absolute Gasteiger partial charge is 0.497 e. The van der Waals surface area contributed by atoms with E-state index in [0.717, 1.165) is 38.8 Å². The molecule has 1 aliphatic rings. The zero-order valence-electron chi connectivity index (χ0n) is 20.6. The lowest BCUT2D eigenvalue weighted by molar-refractivity contribution is -0.139. The summed E-state index contributed by atoms with van der Waals surface area (Å²) in [6.45, 7) is 0.973. The number of benzene rings is 3. The lowest BCUT2D eigenvalue weighted by Gasteiger charge is -2.41. The van der Waals surface area contributed by atoms with Crippen LogP contribution >= 0.6 is 0 Å². The Morgan fingerprint density at radius 2 is 1.70 bits per heavy atom. The highest BCUT2D eigenvalue weighted by atomic mass is 16.5. The first-order valence-corrected chi connectivity index (χ1v) is 12.4. The Hall–Kier alpha value is -4.52. The number of aromatic nitrogens is 2. The van der Waals surface area contributed by atoms with E-state index in [-0.39, 0.29) is 24.4 Å². The van der Waals surface area contributed by atoms with Gasteiger partial charge >= 0.3 is 0 Å². The molecule has 2 aromatic heterocycles. The maximum atomic E-state index is 13.5. The van der Waals surface area contributed by atoms with Gasteiger partial charge in [-0.25, -0.2) is 0 Å². The van der Waals surface area contributed by atoms with Crippen LogP contribution in [0.1, 0.15) is 21.7 Å². The molecule has 0 saturated carbocycles.